The largest absolute Gasteiger partial charge is 0.481 e. The lowest BCUT2D eigenvalue weighted by Crippen LogP contribution is -2.06. The molecule has 0 atom stereocenters. The predicted octanol–water partition coefficient (Wildman–Crippen LogP) is 2.96. The number of hydrogen-bond acceptors (Lipinski definition) is 4. The van der Waals surface area contributed by atoms with Crippen molar-refractivity contribution in [1.29, 1.82) is 0 Å². The second-order valence-corrected chi connectivity index (χ2v) is 6.21. The summed E-state index contributed by atoms with van der Waals surface area (Å²) < 4.78 is 2.03. The molecular weight excluding hydrogens is 274 g/mol. The Hall–Kier alpha value is -1.56. The van der Waals surface area contributed by atoms with E-state index in [9.17, 15) is 4.79 Å². The van der Waals surface area contributed by atoms with Gasteiger partial charge in [0.05, 0.1) is 5.75 Å². The molecule has 0 aliphatic rings. The fourth-order valence-corrected chi connectivity index (χ4v) is 2.67. The lowest BCUT2D eigenvalue weighted by atomic mass is 10.1. The molecule has 0 spiro atoms. The van der Waals surface area contributed by atoms with Crippen molar-refractivity contribution in [1.82, 2.24) is 14.5 Å². The lowest BCUT2D eigenvalue weighted by Gasteiger charge is -2.09. The summed E-state index contributed by atoms with van der Waals surface area (Å²) >= 11 is 1.25. The van der Waals surface area contributed by atoms with Crippen molar-refractivity contribution in [3.8, 4) is 0 Å². The summed E-state index contributed by atoms with van der Waals surface area (Å²) in [5.41, 5.74) is 2.73. The van der Waals surface area contributed by atoms with Gasteiger partial charge in [0.2, 0.25) is 0 Å². The van der Waals surface area contributed by atoms with E-state index in [0.29, 0.717) is 5.92 Å². The molecule has 2 aromatic rings. The molecule has 5 nitrogen and oxygen atoms in total. The molecule has 108 valence electrons. The Kier molecular flexibility index (Phi) is 4.65. The molecule has 0 aliphatic heterocycles. The molecule has 2 heterocycles. The van der Waals surface area contributed by atoms with E-state index in [2.05, 4.69) is 23.8 Å². The van der Waals surface area contributed by atoms with Gasteiger partial charge in [-0.3, -0.25) is 4.79 Å². The average molecular weight is 293 g/mol. The van der Waals surface area contributed by atoms with Crippen molar-refractivity contribution in [3.05, 3.63) is 17.8 Å². The number of nitrogens with zero attached hydrogens (tertiary/aromatic N) is 3. The number of aryl methyl sites for hydroxylation is 2. The van der Waals surface area contributed by atoms with Crippen LogP contribution in [0.4, 0.5) is 0 Å². The number of carboxylic acid groups (broad SMARTS) is 1. The van der Waals surface area contributed by atoms with Crippen LogP contribution in [0.3, 0.4) is 0 Å². The number of imidazole rings is 1. The molecular formula is C14H19N3O2S. The lowest BCUT2D eigenvalue weighted by molar-refractivity contribution is -0.133. The number of carboxylic acids is 1. The van der Waals surface area contributed by atoms with Crippen LogP contribution in [0.5, 0.6) is 0 Å². The smallest absolute Gasteiger partial charge is 0.313 e. The van der Waals surface area contributed by atoms with Crippen molar-refractivity contribution < 1.29 is 9.90 Å². The molecule has 0 unspecified atom stereocenters. The molecule has 2 aromatic heterocycles. The quantitative estimate of drug-likeness (QED) is 0.829. The Morgan fingerprint density at radius 2 is 2.25 bits per heavy atom. The zero-order chi connectivity index (χ0) is 14.7. The first-order valence-electron chi connectivity index (χ1n) is 6.65. The van der Waals surface area contributed by atoms with Crippen molar-refractivity contribution in [2.24, 2.45) is 5.92 Å². The molecule has 0 amide bonds. The minimum atomic E-state index is -0.832. The molecule has 2 rings (SSSR count). The molecule has 6 heteroatoms. The monoisotopic (exact) mass is 293 g/mol. The van der Waals surface area contributed by atoms with Crippen molar-refractivity contribution >= 4 is 28.9 Å². The summed E-state index contributed by atoms with van der Waals surface area (Å²) in [5, 5.41) is 9.57. The van der Waals surface area contributed by atoms with Crippen molar-refractivity contribution in [2.45, 2.75) is 38.9 Å². The van der Waals surface area contributed by atoms with Gasteiger partial charge >= 0.3 is 5.97 Å². The third-order valence-corrected chi connectivity index (χ3v) is 3.90. The van der Waals surface area contributed by atoms with E-state index in [1.54, 1.807) is 0 Å². The maximum Gasteiger partial charge on any atom is 0.313 e. The van der Waals surface area contributed by atoms with Gasteiger partial charge in [0.1, 0.15) is 5.52 Å². The summed E-state index contributed by atoms with van der Waals surface area (Å²) in [6.07, 6.45) is 2.84. The zero-order valence-electron chi connectivity index (χ0n) is 12.0. The van der Waals surface area contributed by atoms with Gasteiger partial charge < -0.3 is 9.67 Å². The normalized spacial score (nSPS) is 11.4. The van der Waals surface area contributed by atoms with Crippen LogP contribution in [-0.2, 0) is 11.3 Å². The Morgan fingerprint density at radius 3 is 2.90 bits per heavy atom. The summed E-state index contributed by atoms with van der Waals surface area (Å²) in [6, 6.07) is 1.99. The maximum atomic E-state index is 10.7. The SMILES string of the molecule is Cc1cnc2c(c1)nc(SCC(=O)O)n2CCC(C)C. The highest BCUT2D eigenvalue weighted by Gasteiger charge is 2.14. The van der Waals surface area contributed by atoms with Crippen LogP contribution in [0.2, 0.25) is 0 Å². The van der Waals surface area contributed by atoms with Gasteiger partial charge in [-0.2, -0.15) is 0 Å². The highest BCUT2D eigenvalue weighted by Crippen LogP contribution is 2.24. The van der Waals surface area contributed by atoms with Gasteiger partial charge in [-0.05, 0) is 30.9 Å². The van der Waals surface area contributed by atoms with Gasteiger partial charge in [-0.25, -0.2) is 9.97 Å². The van der Waals surface area contributed by atoms with Crippen LogP contribution in [0, 0.1) is 12.8 Å². The topological polar surface area (TPSA) is 68.0 Å². The van der Waals surface area contributed by atoms with Crippen LogP contribution >= 0.6 is 11.8 Å². The van der Waals surface area contributed by atoms with E-state index in [4.69, 9.17) is 5.11 Å². The van der Waals surface area contributed by atoms with E-state index in [0.717, 1.165) is 34.8 Å². The molecule has 20 heavy (non-hydrogen) atoms. The van der Waals surface area contributed by atoms with Crippen LogP contribution in [-0.4, -0.2) is 31.4 Å². The highest BCUT2D eigenvalue weighted by atomic mass is 32.2. The standard InChI is InChI=1S/C14H19N3O2S/c1-9(2)4-5-17-13-11(6-10(3)7-15-13)16-14(17)20-8-12(18)19/h6-7,9H,4-5,8H2,1-3H3,(H,18,19). The van der Waals surface area contributed by atoms with E-state index in [1.165, 1.54) is 11.8 Å². The highest BCUT2D eigenvalue weighted by molar-refractivity contribution is 7.99. The van der Waals surface area contributed by atoms with Crippen molar-refractivity contribution in [2.75, 3.05) is 5.75 Å². The van der Waals surface area contributed by atoms with Crippen LogP contribution in [0.15, 0.2) is 17.4 Å². The molecule has 1 N–H and O–H groups in total. The van der Waals surface area contributed by atoms with Gasteiger partial charge in [-0.15, -0.1) is 0 Å². The Morgan fingerprint density at radius 1 is 1.50 bits per heavy atom. The van der Waals surface area contributed by atoms with E-state index >= 15 is 0 Å². The van der Waals surface area contributed by atoms with Crippen LogP contribution in [0.25, 0.3) is 11.2 Å². The fraction of sp³-hybridized carbons (Fsp3) is 0.500. The average Bonchev–Trinajstić information content (AvgIpc) is 2.70. The molecule has 0 aromatic carbocycles. The summed E-state index contributed by atoms with van der Waals surface area (Å²) in [5.74, 6) is -0.235. The second-order valence-electron chi connectivity index (χ2n) is 5.27. The Labute approximate surface area is 122 Å². The second kappa shape index (κ2) is 6.26. The number of carbonyl (C=O) groups is 1. The fourth-order valence-electron chi connectivity index (χ4n) is 1.92. The van der Waals surface area contributed by atoms with Gasteiger partial charge in [0, 0.05) is 12.7 Å². The molecule has 0 fully saturated rings. The van der Waals surface area contributed by atoms with Crippen LogP contribution < -0.4 is 0 Å². The molecule has 0 saturated carbocycles. The van der Waals surface area contributed by atoms with Gasteiger partial charge in [0.15, 0.2) is 10.8 Å². The molecule has 0 saturated heterocycles. The predicted molar refractivity (Wildman–Crippen MR) is 80.1 cm³/mol. The summed E-state index contributed by atoms with van der Waals surface area (Å²) in [7, 11) is 0. The number of fused-ring (bicyclic) bond motifs is 1. The molecule has 0 bridgehead atoms. The molecule has 0 radical (unpaired) electrons. The number of thioether (sulfide) groups is 1. The number of rotatable bonds is 6. The first-order valence-corrected chi connectivity index (χ1v) is 7.63. The Bertz CT molecular complexity index is 622. The number of aromatic nitrogens is 3. The van der Waals surface area contributed by atoms with Crippen LogP contribution in [0.1, 0.15) is 25.8 Å². The first kappa shape index (κ1) is 14.8. The third-order valence-electron chi connectivity index (χ3n) is 2.94. The van der Waals surface area contributed by atoms with Crippen molar-refractivity contribution in [3.63, 3.8) is 0 Å². The third kappa shape index (κ3) is 3.50. The van der Waals surface area contributed by atoms with Gasteiger partial charge in [-0.1, -0.05) is 25.6 Å². The van der Waals surface area contributed by atoms with E-state index < -0.39 is 5.97 Å². The van der Waals surface area contributed by atoms with E-state index in [-0.39, 0.29) is 5.75 Å². The zero-order valence-corrected chi connectivity index (χ0v) is 12.8. The number of aliphatic carboxylic acids is 1. The van der Waals surface area contributed by atoms with Gasteiger partial charge in [0.25, 0.3) is 0 Å². The first-order chi connectivity index (χ1) is 9.47. The minimum absolute atomic E-state index is 0.0178. The Balaban J connectivity index is 2.36. The van der Waals surface area contributed by atoms with E-state index in [1.807, 2.05) is 23.8 Å². The summed E-state index contributed by atoms with van der Waals surface area (Å²) in [6.45, 7) is 7.12. The summed E-state index contributed by atoms with van der Waals surface area (Å²) in [4.78, 5) is 19.7. The number of hydrogen-bond donors (Lipinski definition) is 1. The minimum Gasteiger partial charge on any atom is -0.481 e. The molecule has 0 aliphatic carbocycles. The number of pyridine rings is 1. The maximum absolute atomic E-state index is 10.7.